The summed E-state index contributed by atoms with van der Waals surface area (Å²) < 4.78 is 0. The van der Waals surface area contributed by atoms with Crippen molar-refractivity contribution < 1.29 is 9.59 Å². The Bertz CT molecular complexity index is 462. The number of primary amides is 1. The fourth-order valence-corrected chi connectivity index (χ4v) is 1.99. The normalized spacial score (nSPS) is 12.2. The van der Waals surface area contributed by atoms with Crippen molar-refractivity contribution >= 4 is 17.5 Å². The first kappa shape index (κ1) is 17.2. The fourth-order valence-electron chi connectivity index (χ4n) is 1.99. The van der Waals surface area contributed by atoms with Crippen LogP contribution in [0, 0.1) is 0 Å². The van der Waals surface area contributed by atoms with Crippen LogP contribution in [0.4, 0.5) is 5.69 Å². The van der Waals surface area contributed by atoms with Crippen LogP contribution in [0.5, 0.6) is 0 Å². The van der Waals surface area contributed by atoms with Gasteiger partial charge >= 0.3 is 0 Å². The molecule has 0 bridgehead atoms. The SMILES string of the molecule is CC[C@H](C)N(C)CC(=O)N(CCC(N)=O)c1ccccc1. The van der Waals surface area contributed by atoms with Crippen LogP contribution in [0.2, 0.25) is 0 Å². The summed E-state index contributed by atoms with van der Waals surface area (Å²) in [5.41, 5.74) is 6.00. The van der Waals surface area contributed by atoms with Crippen molar-refractivity contribution in [2.45, 2.75) is 32.7 Å². The first-order valence-electron chi connectivity index (χ1n) is 7.29. The third-order valence-corrected chi connectivity index (χ3v) is 3.68. The number of para-hydroxylation sites is 1. The number of amides is 2. The molecule has 5 nitrogen and oxygen atoms in total. The Morgan fingerprint density at radius 3 is 2.38 bits per heavy atom. The maximum atomic E-state index is 12.5. The van der Waals surface area contributed by atoms with Crippen LogP contribution in [0.25, 0.3) is 0 Å². The van der Waals surface area contributed by atoms with E-state index < -0.39 is 5.91 Å². The molecule has 0 spiro atoms. The van der Waals surface area contributed by atoms with E-state index in [9.17, 15) is 9.59 Å². The molecule has 0 aliphatic rings. The molecule has 2 N–H and O–H groups in total. The van der Waals surface area contributed by atoms with Gasteiger partial charge in [-0.1, -0.05) is 25.1 Å². The summed E-state index contributed by atoms with van der Waals surface area (Å²) in [6, 6.07) is 9.70. The number of anilines is 1. The Morgan fingerprint density at radius 1 is 1.24 bits per heavy atom. The third-order valence-electron chi connectivity index (χ3n) is 3.68. The molecule has 2 amide bonds. The van der Waals surface area contributed by atoms with E-state index in [2.05, 4.69) is 13.8 Å². The van der Waals surface area contributed by atoms with Gasteiger partial charge < -0.3 is 10.6 Å². The van der Waals surface area contributed by atoms with Gasteiger partial charge in [-0.15, -0.1) is 0 Å². The molecule has 0 aromatic heterocycles. The van der Waals surface area contributed by atoms with E-state index >= 15 is 0 Å². The molecule has 0 unspecified atom stereocenters. The van der Waals surface area contributed by atoms with E-state index in [0.717, 1.165) is 12.1 Å². The molecule has 0 radical (unpaired) electrons. The molecule has 1 atom stereocenters. The minimum absolute atomic E-state index is 0.0229. The molecule has 1 aromatic carbocycles. The minimum Gasteiger partial charge on any atom is -0.370 e. The van der Waals surface area contributed by atoms with Crippen molar-refractivity contribution in [1.29, 1.82) is 0 Å². The highest BCUT2D eigenvalue weighted by Crippen LogP contribution is 2.14. The first-order chi connectivity index (χ1) is 9.95. The van der Waals surface area contributed by atoms with Gasteiger partial charge in [-0.05, 0) is 32.5 Å². The van der Waals surface area contributed by atoms with Gasteiger partial charge in [0.05, 0.1) is 6.54 Å². The second-order valence-corrected chi connectivity index (χ2v) is 5.27. The molecule has 0 heterocycles. The molecule has 1 aromatic rings. The standard InChI is InChI=1S/C16H25N3O2/c1-4-13(2)18(3)12-16(21)19(11-10-15(17)20)14-8-6-5-7-9-14/h5-9,13H,4,10-12H2,1-3H3,(H2,17,20)/t13-/m0/s1. The van der Waals surface area contributed by atoms with Gasteiger partial charge in [-0.25, -0.2) is 0 Å². The van der Waals surface area contributed by atoms with Crippen LogP contribution in [0.15, 0.2) is 30.3 Å². The number of carbonyl (C=O) groups is 2. The van der Waals surface area contributed by atoms with Gasteiger partial charge in [-0.2, -0.15) is 0 Å². The molecule has 1 rings (SSSR count). The van der Waals surface area contributed by atoms with Gasteiger partial charge in [0, 0.05) is 24.7 Å². The zero-order valence-electron chi connectivity index (χ0n) is 13.1. The molecular weight excluding hydrogens is 266 g/mol. The van der Waals surface area contributed by atoms with Gasteiger partial charge in [-0.3, -0.25) is 14.5 Å². The molecule has 0 fully saturated rings. The number of benzene rings is 1. The lowest BCUT2D eigenvalue weighted by molar-refractivity contribution is -0.120. The van der Waals surface area contributed by atoms with Crippen LogP contribution in [-0.4, -0.2) is 42.9 Å². The largest absolute Gasteiger partial charge is 0.370 e. The van der Waals surface area contributed by atoms with Crippen LogP contribution in [0.3, 0.4) is 0 Å². The average Bonchev–Trinajstić information content (AvgIpc) is 2.47. The highest BCUT2D eigenvalue weighted by atomic mass is 16.2. The first-order valence-corrected chi connectivity index (χ1v) is 7.29. The highest BCUT2D eigenvalue weighted by Gasteiger charge is 2.19. The van der Waals surface area contributed by atoms with E-state index in [1.807, 2.05) is 42.3 Å². The molecule has 0 saturated heterocycles. The predicted molar refractivity (Wildman–Crippen MR) is 85.0 cm³/mol. The van der Waals surface area contributed by atoms with E-state index in [1.165, 1.54) is 0 Å². The van der Waals surface area contributed by atoms with E-state index in [4.69, 9.17) is 5.73 Å². The predicted octanol–water partition coefficient (Wildman–Crippen LogP) is 1.63. The zero-order chi connectivity index (χ0) is 15.8. The number of nitrogens with zero attached hydrogens (tertiary/aromatic N) is 2. The van der Waals surface area contributed by atoms with Crippen molar-refractivity contribution in [3.8, 4) is 0 Å². The molecule has 116 valence electrons. The van der Waals surface area contributed by atoms with Crippen molar-refractivity contribution in [2.75, 3.05) is 25.0 Å². The minimum atomic E-state index is -0.404. The second kappa shape index (κ2) is 8.42. The van der Waals surface area contributed by atoms with Crippen molar-refractivity contribution in [3.05, 3.63) is 30.3 Å². The Hall–Kier alpha value is -1.88. The Kier molecular flexibility index (Phi) is 6.88. The molecule has 0 aliphatic carbocycles. The summed E-state index contributed by atoms with van der Waals surface area (Å²) in [4.78, 5) is 27.2. The van der Waals surface area contributed by atoms with E-state index in [-0.39, 0.29) is 12.3 Å². The van der Waals surface area contributed by atoms with E-state index in [0.29, 0.717) is 19.1 Å². The van der Waals surface area contributed by atoms with Crippen LogP contribution < -0.4 is 10.6 Å². The number of likely N-dealkylation sites (N-methyl/N-ethyl adjacent to an activating group) is 1. The van der Waals surface area contributed by atoms with Crippen LogP contribution in [0.1, 0.15) is 26.7 Å². The fraction of sp³-hybridized carbons (Fsp3) is 0.500. The van der Waals surface area contributed by atoms with Gasteiger partial charge in [0.15, 0.2) is 0 Å². The summed E-state index contributed by atoms with van der Waals surface area (Å²) >= 11 is 0. The van der Waals surface area contributed by atoms with Crippen LogP contribution >= 0.6 is 0 Å². The summed E-state index contributed by atoms with van der Waals surface area (Å²) in [6.45, 7) is 4.81. The van der Waals surface area contributed by atoms with Crippen molar-refractivity contribution in [1.82, 2.24) is 4.90 Å². The number of hydrogen-bond acceptors (Lipinski definition) is 3. The molecular formula is C16H25N3O2. The number of rotatable bonds is 8. The van der Waals surface area contributed by atoms with Crippen molar-refractivity contribution in [2.24, 2.45) is 5.73 Å². The summed E-state index contributed by atoms with van der Waals surface area (Å²) in [7, 11) is 1.93. The summed E-state index contributed by atoms with van der Waals surface area (Å²) in [6.07, 6.45) is 1.14. The summed E-state index contributed by atoms with van der Waals surface area (Å²) in [5.74, 6) is -0.427. The Morgan fingerprint density at radius 2 is 1.86 bits per heavy atom. The topological polar surface area (TPSA) is 66.6 Å². The third kappa shape index (κ3) is 5.55. The lowest BCUT2D eigenvalue weighted by atomic mass is 10.2. The van der Waals surface area contributed by atoms with Gasteiger partial charge in [0.1, 0.15) is 0 Å². The smallest absolute Gasteiger partial charge is 0.241 e. The maximum absolute atomic E-state index is 12.5. The highest BCUT2D eigenvalue weighted by molar-refractivity contribution is 5.95. The van der Waals surface area contributed by atoms with Gasteiger partial charge in [0.25, 0.3) is 0 Å². The number of carbonyl (C=O) groups excluding carboxylic acids is 2. The molecule has 21 heavy (non-hydrogen) atoms. The number of hydrogen-bond donors (Lipinski definition) is 1. The molecule has 0 aliphatic heterocycles. The zero-order valence-corrected chi connectivity index (χ0v) is 13.1. The van der Waals surface area contributed by atoms with Crippen molar-refractivity contribution in [3.63, 3.8) is 0 Å². The Labute approximate surface area is 126 Å². The maximum Gasteiger partial charge on any atom is 0.241 e. The summed E-state index contributed by atoms with van der Waals surface area (Å²) in [5, 5.41) is 0. The molecule has 0 saturated carbocycles. The quantitative estimate of drug-likeness (QED) is 0.791. The average molecular weight is 291 g/mol. The van der Waals surface area contributed by atoms with Gasteiger partial charge in [0.2, 0.25) is 11.8 Å². The van der Waals surface area contributed by atoms with E-state index in [1.54, 1.807) is 4.90 Å². The monoisotopic (exact) mass is 291 g/mol. The van der Waals surface area contributed by atoms with Crippen LogP contribution in [-0.2, 0) is 9.59 Å². The Balaban J connectivity index is 2.80. The molecule has 5 heteroatoms. The number of nitrogens with two attached hydrogens (primary N) is 1. The lowest BCUT2D eigenvalue weighted by Gasteiger charge is -2.28. The second-order valence-electron chi connectivity index (χ2n) is 5.27. The lowest BCUT2D eigenvalue weighted by Crippen LogP contribution is -2.43.